The van der Waals surface area contributed by atoms with E-state index in [9.17, 15) is 9.59 Å². The van der Waals surface area contributed by atoms with Crippen LogP contribution in [0.3, 0.4) is 0 Å². The number of hydrogen-bond acceptors (Lipinski definition) is 3. The van der Waals surface area contributed by atoms with Gasteiger partial charge in [-0.2, -0.15) is 0 Å². The highest BCUT2D eigenvalue weighted by Crippen LogP contribution is 2.22. The van der Waals surface area contributed by atoms with E-state index in [1.54, 1.807) is 24.3 Å². The lowest BCUT2D eigenvalue weighted by Gasteiger charge is -2.09. The van der Waals surface area contributed by atoms with Gasteiger partial charge in [0.05, 0.1) is 16.3 Å². The van der Waals surface area contributed by atoms with Crippen molar-refractivity contribution < 1.29 is 14.3 Å². The molecular weight excluding hydrogens is 314 g/mol. The Hall–Kier alpha value is -2.33. The Labute approximate surface area is 140 Å². The standard InChI is InChI=1S/C18H18ClNO3/c1-3-13-5-7-14(8-6-13)18(22)23-11-17(21)20-16-9-4-12(2)10-15(16)19/h4-10H,3,11H2,1-2H3,(H,20,21). The lowest BCUT2D eigenvalue weighted by atomic mass is 10.1. The molecule has 4 nitrogen and oxygen atoms in total. The van der Waals surface area contributed by atoms with Gasteiger partial charge in [0, 0.05) is 0 Å². The predicted molar refractivity (Wildman–Crippen MR) is 90.9 cm³/mol. The van der Waals surface area contributed by atoms with E-state index < -0.39 is 11.9 Å². The summed E-state index contributed by atoms with van der Waals surface area (Å²) in [6.07, 6.45) is 0.898. The first-order valence-corrected chi connectivity index (χ1v) is 7.69. The monoisotopic (exact) mass is 331 g/mol. The molecule has 120 valence electrons. The van der Waals surface area contributed by atoms with Gasteiger partial charge in [-0.1, -0.05) is 36.7 Å². The predicted octanol–water partition coefficient (Wildman–Crippen LogP) is 4.01. The molecule has 5 heteroatoms. The van der Waals surface area contributed by atoms with Crippen LogP contribution in [0, 0.1) is 6.92 Å². The van der Waals surface area contributed by atoms with Gasteiger partial charge in [0.1, 0.15) is 0 Å². The van der Waals surface area contributed by atoms with E-state index >= 15 is 0 Å². The molecule has 0 saturated carbocycles. The van der Waals surface area contributed by atoms with E-state index in [1.165, 1.54) is 0 Å². The summed E-state index contributed by atoms with van der Waals surface area (Å²) in [6.45, 7) is 3.58. The Morgan fingerprint density at radius 1 is 1.13 bits per heavy atom. The van der Waals surface area contributed by atoms with Crippen molar-refractivity contribution in [1.29, 1.82) is 0 Å². The maximum atomic E-state index is 11.9. The van der Waals surface area contributed by atoms with Crippen molar-refractivity contribution >= 4 is 29.2 Å². The van der Waals surface area contributed by atoms with Crippen molar-refractivity contribution in [2.24, 2.45) is 0 Å². The topological polar surface area (TPSA) is 55.4 Å². The molecule has 0 aromatic heterocycles. The molecule has 0 bridgehead atoms. The summed E-state index contributed by atoms with van der Waals surface area (Å²) >= 11 is 6.04. The van der Waals surface area contributed by atoms with Crippen LogP contribution in [-0.4, -0.2) is 18.5 Å². The molecule has 2 rings (SSSR count). The van der Waals surface area contributed by atoms with Gasteiger partial charge in [-0.25, -0.2) is 4.79 Å². The van der Waals surface area contributed by atoms with Gasteiger partial charge in [-0.05, 0) is 48.7 Å². The zero-order chi connectivity index (χ0) is 16.8. The SMILES string of the molecule is CCc1ccc(C(=O)OCC(=O)Nc2ccc(C)cc2Cl)cc1. The minimum absolute atomic E-state index is 0.363. The highest BCUT2D eigenvalue weighted by Gasteiger charge is 2.11. The van der Waals surface area contributed by atoms with E-state index in [0.717, 1.165) is 17.5 Å². The summed E-state index contributed by atoms with van der Waals surface area (Å²) in [5.74, 6) is -0.966. The number of nitrogens with one attached hydrogen (secondary N) is 1. The molecule has 0 heterocycles. The van der Waals surface area contributed by atoms with Gasteiger partial charge in [-0.15, -0.1) is 0 Å². The molecule has 2 aromatic rings. The molecule has 0 fully saturated rings. The van der Waals surface area contributed by atoms with Gasteiger partial charge in [0.15, 0.2) is 6.61 Å². The summed E-state index contributed by atoms with van der Waals surface area (Å²) in [6, 6.07) is 12.4. The molecule has 2 aromatic carbocycles. The third-order valence-electron chi connectivity index (χ3n) is 3.33. The number of halogens is 1. The molecule has 0 aliphatic heterocycles. The number of hydrogen-bond donors (Lipinski definition) is 1. The molecule has 0 saturated heterocycles. The third kappa shape index (κ3) is 4.83. The molecule has 0 unspecified atom stereocenters. The van der Waals surface area contributed by atoms with Gasteiger partial charge >= 0.3 is 5.97 Å². The average Bonchev–Trinajstić information content (AvgIpc) is 2.55. The zero-order valence-corrected chi connectivity index (χ0v) is 13.8. The quantitative estimate of drug-likeness (QED) is 0.842. The van der Waals surface area contributed by atoms with Crippen LogP contribution in [0.4, 0.5) is 5.69 Å². The van der Waals surface area contributed by atoms with Crippen LogP contribution < -0.4 is 5.32 Å². The lowest BCUT2D eigenvalue weighted by Crippen LogP contribution is -2.21. The summed E-state index contributed by atoms with van der Waals surface area (Å²) in [4.78, 5) is 23.7. The van der Waals surface area contributed by atoms with Crippen LogP contribution >= 0.6 is 11.6 Å². The van der Waals surface area contributed by atoms with Crippen LogP contribution in [0.5, 0.6) is 0 Å². The fraction of sp³-hybridized carbons (Fsp3) is 0.222. The van der Waals surface area contributed by atoms with E-state index in [-0.39, 0.29) is 6.61 Å². The molecule has 1 N–H and O–H groups in total. The molecule has 0 radical (unpaired) electrons. The van der Waals surface area contributed by atoms with Crippen LogP contribution in [0.15, 0.2) is 42.5 Å². The maximum Gasteiger partial charge on any atom is 0.338 e. The fourth-order valence-electron chi connectivity index (χ4n) is 2.00. The van der Waals surface area contributed by atoms with E-state index in [2.05, 4.69) is 5.32 Å². The van der Waals surface area contributed by atoms with Gasteiger partial charge in [0.2, 0.25) is 0 Å². The number of benzene rings is 2. The molecule has 0 aliphatic rings. The number of aryl methyl sites for hydroxylation is 2. The number of rotatable bonds is 5. The number of anilines is 1. The molecule has 0 spiro atoms. The number of ether oxygens (including phenoxy) is 1. The minimum atomic E-state index is -0.530. The first-order chi connectivity index (χ1) is 11.0. The molecule has 0 aliphatic carbocycles. The second kappa shape index (κ2) is 7.79. The summed E-state index contributed by atoms with van der Waals surface area (Å²) in [5.41, 5.74) is 3.04. The van der Waals surface area contributed by atoms with Crippen molar-refractivity contribution in [2.45, 2.75) is 20.3 Å². The molecular formula is C18H18ClNO3. The Morgan fingerprint density at radius 2 is 1.83 bits per heavy atom. The van der Waals surface area contributed by atoms with Gasteiger partial charge in [0.25, 0.3) is 5.91 Å². The van der Waals surface area contributed by atoms with E-state index in [0.29, 0.717) is 16.3 Å². The summed E-state index contributed by atoms with van der Waals surface area (Å²) < 4.78 is 5.01. The first-order valence-electron chi connectivity index (χ1n) is 7.31. The largest absolute Gasteiger partial charge is 0.452 e. The number of esters is 1. The highest BCUT2D eigenvalue weighted by molar-refractivity contribution is 6.33. The van der Waals surface area contributed by atoms with Crippen molar-refractivity contribution in [1.82, 2.24) is 0 Å². The number of carbonyl (C=O) groups excluding carboxylic acids is 2. The van der Waals surface area contributed by atoms with Crippen molar-refractivity contribution in [3.63, 3.8) is 0 Å². The molecule has 0 atom stereocenters. The average molecular weight is 332 g/mol. The highest BCUT2D eigenvalue weighted by atomic mass is 35.5. The number of amides is 1. The van der Waals surface area contributed by atoms with Gasteiger partial charge in [-0.3, -0.25) is 4.79 Å². The summed E-state index contributed by atoms with van der Waals surface area (Å²) in [7, 11) is 0. The van der Waals surface area contributed by atoms with Crippen molar-refractivity contribution in [3.8, 4) is 0 Å². The minimum Gasteiger partial charge on any atom is -0.452 e. The van der Waals surface area contributed by atoms with E-state index in [4.69, 9.17) is 16.3 Å². The van der Waals surface area contributed by atoms with E-state index in [1.807, 2.05) is 32.0 Å². The lowest BCUT2D eigenvalue weighted by molar-refractivity contribution is -0.119. The van der Waals surface area contributed by atoms with Crippen LogP contribution in [0.25, 0.3) is 0 Å². The Morgan fingerprint density at radius 3 is 2.43 bits per heavy atom. The van der Waals surface area contributed by atoms with Crippen molar-refractivity contribution in [3.05, 3.63) is 64.2 Å². The Kier molecular flexibility index (Phi) is 5.77. The molecule has 1 amide bonds. The zero-order valence-electron chi connectivity index (χ0n) is 13.1. The second-order valence-electron chi connectivity index (χ2n) is 5.16. The van der Waals surface area contributed by atoms with Crippen molar-refractivity contribution in [2.75, 3.05) is 11.9 Å². The molecule has 23 heavy (non-hydrogen) atoms. The fourth-order valence-corrected chi connectivity index (χ4v) is 2.28. The Bertz CT molecular complexity index is 711. The maximum absolute atomic E-state index is 11.9. The van der Waals surface area contributed by atoms with Crippen LogP contribution in [0.2, 0.25) is 5.02 Å². The summed E-state index contributed by atoms with van der Waals surface area (Å²) in [5, 5.41) is 3.06. The second-order valence-corrected chi connectivity index (χ2v) is 5.57. The van der Waals surface area contributed by atoms with Gasteiger partial charge < -0.3 is 10.1 Å². The number of carbonyl (C=O) groups is 2. The first kappa shape index (κ1) is 17.0. The van der Waals surface area contributed by atoms with Crippen LogP contribution in [-0.2, 0) is 16.0 Å². The Balaban J connectivity index is 1.89. The normalized spacial score (nSPS) is 10.2. The smallest absolute Gasteiger partial charge is 0.338 e. The van der Waals surface area contributed by atoms with Crippen LogP contribution in [0.1, 0.15) is 28.4 Å². The third-order valence-corrected chi connectivity index (χ3v) is 3.64.